The first-order chi connectivity index (χ1) is 10.7. The molecule has 0 bridgehead atoms. The van der Waals surface area contributed by atoms with Crippen LogP contribution in [-0.4, -0.2) is 15.1 Å². The van der Waals surface area contributed by atoms with Gasteiger partial charge in [0.1, 0.15) is 5.52 Å². The number of hydrogen-bond donors (Lipinski definition) is 0. The highest BCUT2D eigenvalue weighted by Gasteiger charge is 2.12. The van der Waals surface area contributed by atoms with Crippen molar-refractivity contribution in [3.05, 3.63) is 53.4 Å². The van der Waals surface area contributed by atoms with E-state index < -0.39 is 0 Å². The number of hydrogen-bond acceptors (Lipinski definition) is 5. The molecule has 0 N–H and O–H groups in total. The molecule has 0 unspecified atom stereocenters. The van der Waals surface area contributed by atoms with Crippen molar-refractivity contribution in [2.75, 3.05) is 0 Å². The molecule has 0 amide bonds. The molecule has 6 heteroatoms. The number of aromatic nitrogens is 3. The summed E-state index contributed by atoms with van der Waals surface area (Å²) in [5.41, 5.74) is 3.15. The second kappa shape index (κ2) is 4.96. The highest BCUT2D eigenvalue weighted by atomic mass is 35.5. The molecule has 4 rings (SSSR count). The third-order valence-electron chi connectivity index (χ3n) is 3.27. The Bertz CT molecular complexity index is 957. The second-order valence-electron chi connectivity index (χ2n) is 4.85. The van der Waals surface area contributed by atoms with Gasteiger partial charge in [0.25, 0.3) is 5.89 Å². The van der Waals surface area contributed by atoms with Crippen molar-refractivity contribution >= 4 is 22.7 Å². The fourth-order valence-electron chi connectivity index (χ4n) is 2.23. The van der Waals surface area contributed by atoms with Crippen molar-refractivity contribution < 1.29 is 8.94 Å². The summed E-state index contributed by atoms with van der Waals surface area (Å²) in [6.07, 6.45) is 0. The lowest BCUT2D eigenvalue weighted by atomic mass is 10.2. The minimum absolute atomic E-state index is 0.447. The molecule has 0 aliphatic rings. The molecule has 5 nitrogen and oxygen atoms in total. The third-order valence-corrected chi connectivity index (χ3v) is 3.52. The molecule has 2 heterocycles. The third kappa shape index (κ3) is 2.25. The summed E-state index contributed by atoms with van der Waals surface area (Å²) in [7, 11) is 0. The molecule has 22 heavy (non-hydrogen) atoms. The van der Waals surface area contributed by atoms with Crippen LogP contribution >= 0.6 is 11.6 Å². The van der Waals surface area contributed by atoms with E-state index in [1.807, 2.05) is 37.3 Å². The van der Waals surface area contributed by atoms with E-state index in [0.29, 0.717) is 22.6 Å². The maximum Gasteiger partial charge on any atom is 0.258 e. The molecule has 4 aromatic rings. The van der Waals surface area contributed by atoms with Crippen LogP contribution in [-0.2, 0) is 0 Å². The predicted octanol–water partition coefficient (Wildman–Crippen LogP) is 4.51. The monoisotopic (exact) mass is 311 g/mol. The Hall–Kier alpha value is -2.66. The molecule has 0 aliphatic heterocycles. The van der Waals surface area contributed by atoms with Crippen LogP contribution in [0.1, 0.15) is 5.89 Å². The SMILES string of the molecule is Cc1nc2cc(-c3noc(-c4ccc(Cl)cc4)n3)ccc2o1. The molecule has 0 saturated carbocycles. The Labute approximate surface area is 130 Å². The van der Waals surface area contributed by atoms with E-state index in [0.717, 1.165) is 22.2 Å². The van der Waals surface area contributed by atoms with Gasteiger partial charge in [-0.3, -0.25) is 0 Å². The second-order valence-corrected chi connectivity index (χ2v) is 5.28. The van der Waals surface area contributed by atoms with Crippen LogP contribution in [0.4, 0.5) is 0 Å². The van der Waals surface area contributed by atoms with E-state index in [1.165, 1.54) is 0 Å². The van der Waals surface area contributed by atoms with Gasteiger partial charge in [-0.2, -0.15) is 4.98 Å². The summed E-state index contributed by atoms with van der Waals surface area (Å²) in [5.74, 6) is 1.58. The first kappa shape index (κ1) is 13.0. The average Bonchev–Trinajstić information content (AvgIpc) is 3.12. The van der Waals surface area contributed by atoms with Crippen molar-refractivity contribution in [1.29, 1.82) is 0 Å². The molecule has 0 radical (unpaired) electrons. The van der Waals surface area contributed by atoms with Gasteiger partial charge in [-0.1, -0.05) is 16.8 Å². The topological polar surface area (TPSA) is 65.0 Å². The van der Waals surface area contributed by atoms with Gasteiger partial charge in [-0.15, -0.1) is 0 Å². The van der Waals surface area contributed by atoms with E-state index in [1.54, 1.807) is 12.1 Å². The van der Waals surface area contributed by atoms with Gasteiger partial charge in [0.05, 0.1) is 0 Å². The van der Waals surface area contributed by atoms with E-state index >= 15 is 0 Å². The fourth-order valence-corrected chi connectivity index (χ4v) is 2.36. The maximum atomic E-state index is 5.88. The summed E-state index contributed by atoms with van der Waals surface area (Å²) in [6.45, 7) is 1.81. The first-order valence-corrected chi connectivity index (χ1v) is 7.04. The van der Waals surface area contributed by atoms with Crippen LogP contribution in [0.5, 0.6) is 0 Å². The molecule has 0 fully saturated rings. The predicted molar refractivity (Wildman–Crippen MR) is 82.5 cm³/mol. The van der Waals surface area contributed by atoms with Crippen molar-refractivity contribution in [1.82, 2.24) is 15.1 Å². The van der Waals surface area contributed by atoms with Crippen LogP contribution in [0.25, 0.3) is 33.9 Å². The van der Waals surface area contributed by atoms with Crippen molar-refractivity contribution in [3.63, 3.8) is 0 Å². The number of benzene rings is 2. The van der Waals surface area contributed by atoms with Gasteiger partial charge >= 0.3 is 0 Å². The summed E-state index contributed by atoms with van der Waals surface area (Å²) in [4.78, 5) is 8.72. The Kier molecular flexibility index (Phi) is 2.94. The van der Waals surface area contributed by atoms with Gasteiger partial charge in [0.2, 0.25) is 5.82 Å². The fraction of sp³-hybridized carbons (Fsp3) is 0.0625. The van der Waals surface area contributed by atoms with Crippen molar-refractivity contribution in [3.8, 4) is 22.8 Å². The minimum Gasteiger partial charge on any atom is -0.441 e. The summed E-state index contributed by atoms with van der Waals surface area (Å²) in [5, 5.41) is 4.68. The quantitative estimate of drug-likeness (QED) is 0.545. The molecule has 0 spiro atoms. The lowest BCUT2D eigenvalue weighted by Crippen LogP contribution is -1.81. The van der Waals surface area contributed by atoms with Gasteiger partial charge in [0, 0.05) is 23.1 Å². The van der Waals surface area contributed by atoms with Gasteiger partial charge in [-0.05, 0) is 42.5 Å². The normalized spacial score (nSPS) is 11.2. The highest BCUT2D eigenvalue weighted by molar-refractivity contribution is 6.30. The maximum absolute atomic E-state index is 5.88. The lowest BCUT2D eigenvalue weighted by molar-refractivity contribution is 0.432. The molecule has 0 aliphatic carbocycles. The molecular formula is C16H10ClN3O2. The average molecular weight is 312 g/mol. The summed E-state index contributed by atoms with van der Waals surface area (Å²) in [6, 6.07) is 12.8. The summed E-state index contributed by atoms with van der Waals surface area (Å²) < 4.78 is 10.8. The Morgan fingerprint density at radius 3 is 2.55 bits per heavy atom. The zero-order valence-electron chi connectivity index (χ0n) is 11.6. The number of rotatable bonds is 2. The molecule has 2 aromatic carbocycles. The lowest BCUT2D eigenvalue weighted by Gasteiger charge is -1.94. The van der Waals surface area contributed by atoms with Crippen LogP contribution in [0.2, 0.25) is 5.02 Å². The number of halogens is 1. The van der Waals surface area contributed by atoms with Crippen LogP contribution in [0.15, 0.2) is 51.4 Å². The Morgan fingerprint density at radius 2 is 1.73 bits per heavy atom. The van der Waals surface area contributed by atoms with Crippen LogP contribution in [0, 0.1) is 6.92 Å². The zero-order valence-corrected chi connectivity index (χ0v) is 12.3. The first-order valence-electron chi connectivity index (χ1n) is 6.66. The largest absolute Gasteiger partial charge is 0.441 e. The molecule has 2 aromatic heterocycles. The zero-order chi connectivity index (χ0) is 15.1. The Balaban J connectivity index is 1.74. The molecule has 108 valence electrons. The molecule has 0 saturated heterocycles. The number of nitrogens with zero attached hydrogens (tertiary/aromatic N) is 3. The van der Waals surface area contributed by atoms with Crippen LogP contribution < -0.4 is 0 Å². The summed E-state index contributed by atoms with van der Waals surface area (Å²) >= 11 is 5.88. The van der Waals surface area contributed by atoms with E-state index in [9.17, 15) is 0 Å². The van der Waals surface area contributed by atoms with Gasteiger partial charge in [-0.25, -0.2) is 4.98 Å². The number of fused-ring (bicyclic) bond motifs is 1. The van der Waals surface area contributed by atoms with Gasteiger partial charge in [0.15, 0.2) is 11.5 Å². The van der Waals surface area contributed by atoms with Crippen LogP contribution in [0.3, 0.4) is 0 Å². The molecular weight excluding hydrogens is 302 g/mol. The van der Waals surface area contributed by atoms with E-state index in [2.05, 4.69) is 15.1 Å². The minimum atomic E-state index is 0.447. The standard InChI is InChI=1S/C16H10ClN3O2/c1-9-18-13-8-11(4-7-14(13)21-9)15-19-16(22-20-15)10-2-5-12(17)6-3-10/h2-8H,1H3. The van der Waals surface area contributed by atoms with E-state index in [-0.39, 0.29) is 0 Å². The van der Waals surface area contributed by atoms with Crippen molar-refractivity contribution in [2.24, 2.45) is 0 Å². The van der Waals surface area contributed by atoms with Crippen molar-refractivity contribution in [2.45, 2.75) is 6.92 Å². The Morgan fingerprint density at radius 1 is 0.955 bits per heavy atom. The van der Waals surface area contributed by atoms with E-state index in [4.69, 9.17) is 20.5 Å². The molecule has 0 atom stereocenters. The van der Waals surface area contributed by atoms with Gasteiger partial charge < -0.3 is 8.94 Å². The number of aryl methyl sites for hydroxylation is 1. The smallest absolute Gasteiger partial charge is 0.258 e. The number of oxazole rings is 1. The highest BCUT2D eigenvalue weighted by Crippen LogP contribution is 2.26.